The van der Waals surface area contributed by atoms with Gasteiger partial charge >= 0.3 is 12.1 Å². The van der Waals surface area contributed by atoms with E-state index in [4.69, 9.17) is 4.74 Å². The molecule has 0 aromatic carbocycles. The van der Waals surface area contributed by atoms with Gasteiger partial charge in [-0.3, -0.25) is 9.69 Å². The number of morpholine rings is 1. The summed E-state index contributed by atoms with van der Waals surface area (Å²) in [6.45, 7) is 7.37. The van der Waals surface area contributed by atoms with Gasteiger partial charge in [-0.15, -0.1) is 0 Å². The molecule has 7 nitrogen and oxygen atoms in total. The zero-order valence-electron chi connectivity index (χ0n) is 14.4. The summed E-state index contributed by atoms with van der Waals surface area (Å²) in [6, 6.07) is 2.70. The number of hydrogen-bond donors (Lipinski definition) is 0. The summed E-state index contributed by atoms with van der Waals surface area (Å²) in [5.74, 6) is -1.71. The van der Waals surface area contributed by atoms with Crippen LogP contribution in [0.15, 0.2) is 27.6 Å². The van der Waals surface area contributed by atoms with Gasteiger partial charge in [-0.25, -0.2) is 0 Å². The Bertz CT molecular complexity index is 829. The van der Waals surface area contributed by atoms with E-state index in [1.54, 1.807) is 0 Å². The molecule has 0 unspecified atom stereocenters. The number of hydrogen-bond acceptors (Lipinski definition) is 6. The van der Waals surface area contributed by atoms with Crippen LogP contribution >= 0.6 is 0 Å². The number of aromatic nitrogens is 3. The molecule has 1 aliphatic rings. The third-order valence-electron chi connectivity index (χ3n) is 4.08. The number of rotatable bonds is 4. The van der Waals surface area contributed by atoms with Crippen molar-refractivity contribution in [1.29, 1.82) is 0 Å². The summed E-state index contributed by atoms with van der Waals surface area (Å²) < 4.78 is 48.9. The summed E-state index contributed by atoms with van der Waals surface area (Å²) in [7, 11) is 0. The topological polar surface area (TPSA) is 73.4 Å². The fraction of sp³-hybridized carbons (Fsp3) is 0.562. The van der Waals surface area contributed by atoms with Crippen molar-refractivity contribution in [3.8, 4) is 11.4 Å². The SMILES string of the molecule is CC1(C)CN(CCn2ccc(-c3noc(C(F)(F)F)n3)cc2=O)CCO1. The molecule has 3 heterocycles. The third kappa shape index (κ3) is 4.31. The molecular weight excluding hydrogens is 353 g/mol. The van der Waals surface area contributed by atoms with Crippen molar-refractivity contribution >= 4 is 0 Å². The first-order valence-electron chi connectivity index (χ1n) is 8.12. The molecule has 142 valence electrons. The lowest BCUT2D eigenvalue weighted by Gasteiger charge is -2.38. The Labute approximate surface area is 147 Å². The predicted octanol–water partition coefficient (Wildman–Crippen LogP) is 2.03. The zero-order valence-corrected chi connectivity index (χ0v) is 14.4. The third-order valence-corrected chi connectivity index (χ3v) is 4.08. The second-order valence-electron chi connectivity index (χ2n) is 6.75. The Hall–Kier alpha value is -2.20. The van der Waals surface area contributed by atoms with Crippen molar-refractivity contribution in [2.75, 3.05) is 26.2 Å². The zero-order chi connectivity index (χ0) is 18.9. The van der Waals surface area contributed by atoms with Gasteiger partial charge in [0.25, 0.3) is 5.56 Å². The molecule has 0 amide bonds. The van der Waals surface area contributed by atoms with E-state index < -0.39 is 12.1 Å². The molecule has 1 saturated heterocycles. The van der Waals surface area contributed by atoms with Crippen LogP contribution in [0.5, 0.6) is 0 Å². The second-order valence-corrected chi connectivity index (χ2v) is 6.75. The first kappa shape index (κ1) is 18.6. The highest BCUT2D eigenvalue weighted by Crippen LogP contribution is 2.29. The minimum absolute atomic E-state index is 0.179. The fourth-order valence-corrected chi connectivity index (χ4v) is 2.84. The summed E-state index contributed by atoms with van der Waals surface area (Å²) in [4.78, 5) is 17.7. The Morgan fingerprint density at radius 1 is 1.31 bits per heavy atom. The molecule has 1 fully saturated rings. The number of nitrogens with zero attached hydrogens (tertiary/aromatic N) is 4. The lowest BCUT2D eigenvalue weighted by atomic mass is 10.1. The molecular formula is C16H19F3N4O3. The number of alkyl halides is 3. The number of pyridine rings is 1. The van der Waals surface area contributed by atoms with Crippen LogP contribution in [0.3, 0.4) is 0 Å². The number of halogens is 3. The van der Waals surface area contributed by atoms with Crippen molar-refractivity contribution in [1.82, 2.24) is 19.6 Å². The van der Waals surface area contributed by atoms with Crippen LogP contribution in [-0.4, -0.2) is 51.4 Å². The lowest BCUT2D eigenvalue weighted by molar-refractivity contribution is -0.159. The molecule has 0 saturated carbocycles. The van der Waals surface area contributed by atoms with E-state index in [1.165, 1.54) is 22.9 Å². The highest BCUT2D eigenvalue weighted by molar-refractivity contribution is 5.52. The monoisotopic (exact) mass is 372 g/mol. The largest absolute Gasteiger partial charge is 0.471 e. The maximum atomic E-state index is 12.5. The molecule has 0 N–H and O–H groups in total. The molecule has 0 radical (unpaired) electrons. The molecule has 0 aliphatic carbocycles. The Morgan fingerprint density at radius 2 is 2.08 bits per heavy atom. The highest BCUT2D eigenvalue weighted by Gasteiger charge is 2.38. The highest BCUT2D eigenvalue weighted by atomic mass is 19.4. The molecule has 2 aromatic rings. The average Bonchev–Trinajstić information content (AvgIpc) is 3.03. The van der Waals surface area contributed by atoms with Crippen molar-refractivity contribution in [2.24, 2.45) is 0 Å². The average molecular weight is 372 g/mol. The molecule has 3 rings (SSSR count). The van der Waals surface area contributed by atoms with E-state index in [1.807, 2.05) is 13.8 Å². The summed E-state index contributed by atoms with van der Waals surface area (Å²) >= 11 is 0. The van der Waals surface area contributed by atoms with E-state index in [0.29, 0.717) is 19.7 Å². The first-order valence-corrected chi connectivity index (χ1v) is 8.12. The van der Waals surface area contributed by atoms with Crippen LogP contribution in [0.1, 0.15) is 19.7 Å². The van der Waals surface area contributed by atoms with Gasteiger partial charge in [-0.05, 0) is 19.9 Å². The molecule has 10 heteroatoms. The molecule has 0 atom stereocenters. The molecule has 1 aliphatic heterocycles. The van der Waals surface area contributed by atoms with Gasteiger partial charge in [0.1, 0.15) is 0 Å². The fourth-order valence-electron chi connectivity index (χ4n) is 2.84. The van der Waals surface area contributed by atoms with Crippen LogP contribution < -0.4 is 5.56 Å². The van der Waals surface area contributed by atoms with E-state index in [-0.39, 0.29) is 22.5 Å². The quantitative estimate of drug-likeness (QED) is 0.818. The number of ether oxygens (including phenoxy) is 1. The van der Waals surface area contributed by atoms with Crippen LogP contribution in [0.4, 0.5) is 13.2 Å². The summed E-state index contributed by atoms with van der Waals surface area (Å²) in [6.07, 6.45) is -3.20. The summed E-state index contributed by atoms with van der Waals surface area (Å²) in [5.41, 5.74) is -0.381. The maximum absolute atomic E-state index is 12.5. The van der Waals surface area contributed by atoms with Crippen LogP contribution in [0.2, 0.25) is 0 Å². The first-order chi connectivity index (χ1) is 12.1. The Kier molecular flexibility index (Phi) is 4.89. The normalized spacial score (nSPS) is 18.2. The smallest absolute Gasteiger partial charge is 0.373 e. The minimum Gasteiger partial charge on any atom is -0.373 e. The van der Waals surface area contributed by atoms with Gasteiger partial charge in [0.15, 0.2) is 0 Å². The molecule has 0 spiro atoms. The second kappa shape index (κ2) is 6.84. The van der Waals surface area contributed by atoms with Crippen molar-refractivity contribution < 1.29 is 22.4 Å². The molecule has 2 aromatic heterocycles. The van der Waals surface area contributed by atoms with E-state index in [0.717, 1.165) is 13.1 Å². The van der Waals surface area contributed by atoms with Gasteiger partial charge in [-0.1, -0.05) is 5.16 Å². The molecule has 26 heavy (non-hydrogen) atoms. The minimum atomic E-state index is -4.72. The van der Waals surface area contributed by atoms with Gasteiger partial charge in [-0.2, -0.15) is 18.2 Å². The van der Waals surface area contributed by atoms with Gasteiger partial charge in [0.2, 0.25) is 5.82 Å². The lowest BCUT2D eigenvalue weighted by Crippen LogP contribution is -2.49. The van der Waals surface area contributed by atoms with E-state index in [9.17, 15) is 18.0 Å². The molecule has 0 bridgehead atoms. The van der Waals surface area contributed by atoms with Gasteiger partial charge in [0, 0.05) is 44.0 Å². The van der Waals surface area contributed by atoms with Gasteiger partial charge < -0.3 is 13.8 Å². The van der Waals surface area contributed by atoms with Crippen molar-refractivity contribution in [3.05, 3.63) is 34.6 Å². The van der Waals surface area contributed by atoms with E-state index in [2.05, 4.69) is 19.6 Å². The van der Waals surface area contributed by atoms with Gasteiger partial charge in [0.05, 0.1) is 12.2 Å². The summed E-state index contributed by atoms with van der Waals surface area (Å²) in [5, 5.41) is 3.28. The van der Waals surface area contributed by atoms with Crippen LogP contribution in [0, 0.1) is 0 Å². The van der Waals surface area contributed by atoms with Crippen molar-refractivity contribution in [3.63, 3.8) is 0 Å². The maximum Gasteiger partial charge on any atom is 0.471 e. The predicted molar refractivity (Wildman–Crippen MR) is 85.5 cm³/mol. The van der Waals surface area contributed by atoms with Crippen LogP contribution in [-0.2, 0) is 17.5 Å². The van der Waals surface area contributed by atoms with E-state index >= 15 is 0 Å². The Balaban J connectivity index is 1.68. The Morgan fingerprint density at radius 3 is 2.69 bits per heavy atom. The van der Waals surface area contributed by atoms with Crippen LogP contribution in [0.25, 0.3) is 11.4 Å². The standard InChI is InChI=1S/C16H19F3N4O3/c1-15(2)10-22(7-8-25-15)5-6-23-4-3-11(9-12(23)24)13-20-14(26-21-13)16(17,18)19/h3-4,9H,5-8,10H2,1-2H3. The van der Waals surface area contributed by atoms with Crippen molar-refractivity contribution in [2.45, 2.75) is 32.2 Å².